The van der Waals surface area contributed by atoms with Crippen molar-refractivity contribution in [3.05, 3.63) is 284 Å². The molecular weight excluding hydrogens is 937 g/mol. The van der Waals surface area contributed by atoms with Crippen LogP contribution in [0.3, 0.4) is 0 Å². The molecule has 0 nitrogen and oxygen atoms in total. The monoisotopic (exact) mass is 1010 g/mol. The fraction of sp³-hybridized carbons (Fsp3) is 0.256. The van der Waals surface area contributed by atoms with Gasteiger partial charge in [-0.3, -0.25) is 0 Å². The van der Waals surface area contributed by atoms with E-state index >= 15 is 0 Å². The number of hydrogen-bond donors (Lipinski definition) is 0. The molecule has 78 heavy (non-hydrogen) atoms. The summed E-state index contributed by atoms with van der Waals surface area (Å²) in [6, 6.07) is 81.6. The first-order valence-corrected chi connectivity index (χ1v) is 28.5. The topological polar surface area (TPSA) is 0 Å². The van der Waals surface area contributed by atoms with E-state index < -0.39 is 10.8 Å². The Morgan fingerprint density at radius 1 is 0.269 bits per heavy atom. The molecule has 2 aliphatic rings. The molecule has 388 valence electrons. The molecular formula is C78H76. The molecule has 0 atom stereocenters. The third-order valence-corrected chi connectivity index (χ3v) is 18.0. The maximum Gasteiger partial charge on any atom is 0.0717 e. The summed E-state index contributed by atoms with van der Waals surface area (Å²) in [7, 11) is 0. The minimum absolute atomic E-state index is 0.0318. The number of rotatable bonds is 6. The van der Waals surface area contributed by atoms with E-state index in [0.29, 0.717) is 0 Å². The Labute approximate surface area is 466 Å². The van der Waals surface area contributed by atoms with E-state index in [9.17, 15) is 0 Å². The molecule has 10 aromatic carbocycles. The summed E-state index contributed by atoms with van der Waals surface area (Å²) < 4.78 is 0. The minimum atomic E-state index is -0.785. The van der Waals surface area contributed by atoms with Crippen molar-refractivity contribution in [1.82, 2.24) is 0 Å². The van der Waals surface area contributed by atoms with Crippen LogP contribution in [0.5, 0.6) is 0 Å². The van der Waals surface area contributed by atoms with E-state index in [1.54, 1.807) is 0 Å². The van der Waals surface area contributed by atoms with Crippen molar-refractivity contribution < 1.29 is 0 Å². The van der Waals surface area contributed by atoms with E-state index in [4.69, 9.17) is 0 Å². The normalized spacial score (nSPS) is 14.5. The Kier molecular flexibility index (Phi) is 11.8. The van der Waals surface area contributed by atoms with Crippen LogP contribution in [0, 0.1) is 13.8 Å². The van der Waals surface area contributed by atoms with E-state index in [0.717, 1.165) is 0 Å². The van der Waals surface area contributed by atoms with Crippen molar-refractivity contribution in [3.63, 3.8) is 0 Å². The fourth-order valence-corrected chi connectivity index (χ4v) is 13.7. The van der Waals surface area contributed by atoms with Crippen molar-refractivity contribution in [2.75, 3.05) is 0 Å². The lowest BCUT2D eigenvalue weighted by molar-refractivity contribution is 0.587. The van der Waals surface area contributed by atoms with Crippen LogP contribution in [0.25, 0.3) is 55.3 Å². The second-order valence-corrected chi connectivity index (χ2v) is 27.0. The molecule has 2 aliphatic carbocycles. The van der Waals surface area contributed by atoms with Crippen molar-refractivity contribution in [3.8, 4) is 44.5 Å². The molecule has 0 amide bonds. The predicted octanol–water partition coefficient (Wildman–Crippen LogP) is 20.7. The fourth-order valence-electron chi connectivity index (χ4n) is 13.7. The van der Waals surface area contributed by atoms with Gasteiger partial charge in [0.1, 0.15) is 0 Å². The molecule has 0 bridgehead atoms. The van der Waals surface area contributed by atoms with Crippen LogP contribution in [0.15, 0.2) is 206 Å². The molecule has 0 aliphatic heterocycles. The third-order valence-electron chi connectivity index (χ3n) is 18.0. The average molecular weight is 1010 g/mol. The molecule has 0 saturated carbocycles. The molecule has 0 aromatic heterocycles. The van der Waals surface area contributed by atoms with Gasteiger partial charge in [0.2, 0.25) is 0 Å². The van der Waals surface area contributed by atoms with Crippen LogP contribution in [0.4, 0.5) is 0 Å². The highest BCUT2D eigenvalue weighted by molar-refractivity contribution is 6.11. The highest BCUT2D eigenvalue weighted by atomic mass is 14.6. The van der Waals surface area contributed by atoms with Gasteiger partial charge in [-0.15, -0.1) is 0 Å². The van der Waals surface area contributed by atoms with Gasteiger partial charge in [-0.05, 0) is 181 Å². The number of hydrogen-bond acceptors (Lipinski definition) is 0. The largest absolute Gasteiger partial charge is 0.0717 e. The second-order valence-electron chi connectivity index (χ2n) is 27.0. The first-order valence-electron chi connectivity index (χ1n) is 28.5. The minimum Gasteiger partial charge on any atom is -0.0620 e. The van der Waals surface area contributed by atoms with Gasteiger partial charge < -0.3 is 0 Å². The van der Waals surface area contributed by atoms with E-state index in [2.05, 4.69) is 303 Å². The van der Waals surface area contributed by atoms with Crippen LogP contribution in [0.1, 0.15) is 161 Å². The van der Waals surface area contributed by atoms with E-state index in [1.807, 2.05) is 0 Å². The summed E-state index contributed by atoms with van der Waals surface area (Å²) >= 11 is 0. The van der Waals surface area contributed by atoms with Gasteiger partial charge in [0.15, 0.2) is 0 Å². The van der Waals surface area contributed by atoms with Crippen molar-refractivity contribution in [2.24, 2.45) is 0 Å². The summed E-state index contributed by atoms with van der Waals surface area (Å²) in [5.41, 5.74) is 26.8. The summed E-state index contributed by atoms with van der Waals surface area (Å²) in [4.78, 5) is 0. The molecule has 0 radical (unpaired) electrons. The highest BCUT2D eigenvalue weighted by Crippen LogP contribution is 2.67. The van der Waals surface area contributed by atoms with Crippen LogP contribution < -0.4 is 0 Å². The van der Waals surface area contributed by atoms with Gasteiger partial charge in [0.05, 0.1) is 10.8 Å². The van der Waals surface area contributed by atoms with E-state index in [1.165, 1.54) is 133 Å². The van der Waals surface area contributed by atoms with Crippen molar-refractivity contribution in [2.45, 2.75) is 129 Å². The predicted molar refractivity (Wildman–Crippen MR) is 334 cm³/mol. The molecule has 0 spiro atoms. The van der Waals surface area contributed by atoms with Gasteiger partial charge >= 0.3 is 0 Å². The van der Waals surface area contributed by atoms with Gasteiger partial charge in [-0.1, -0.05) is 277 Å². The standard InChI is InChI=1S/C78H76/c1-49-21-15-17-23-60(49)51-27-44-63-65-45-46-66-70-64-26-20-19-25-62(64)67(61-24-18-16-22-50(61)2)48-69(70)78(58-40-32-54(33-41-58)75(9,10)11,59-42-34-55(35-43-59)76(12,13)14)72(66)71(65)77(68(63)47-51,56-36-28-52(29-37-56)73(3,4)5)57-38-30-53(31-39-57)74(6,7)8/h15-48H,1-14H3. The number of fused-ring (bicyclic) bond motifs is 9. The summed E-state index contributed by atoms with van der Waals surface area (Å²) in [5.74, 6) is 0. The van der Waals surface area contributed by atoms with Crippen LogP contribution in [-0.4, -0.2) is 0 Å². The second kappa shape index (κ2) is 18.0. The number of benzene rings is 10. The lowest BCUT2D eigenvalue weighted by atomic mass is 9.59. The molecule has 0 saturated heterocycles. The SMILES string of the molecule is Cc1ccccc1-c1ccc2c(c1)C(c1ccc(C(C)(C)C)cc1)(c1ccc(C(C)(C)C)cc1)c1c-2ccc2c1C(c1ccc(C(C)(C)C)cc1)(c1ccc(C(C)(C)C)cc1)c1cc(-c3ccccc3C)c3ccccc3c1-2. The number of aryl methyl sites for hydroxylation is 2. The lowest BCUT2D eigenvalue weighted by Crippen LogP contribution is -2.36. The molecule has 0 heterocycles. The molecule has 10 aromatic rings. The van der Waals surface area contributed by atoms with Crippen LogP contribution in [0.2, 0.25) is 0 Å². The lowest BCUT2D eigenvalue weighted by Gasteiger charge is -2.41. The first-order chi connectivity index (χ1) is 37.0. The first kappa shape index (κ1) is 51.2. The van der Waals surface area contributed by atoms with Crippen LogP contribution in [-0.2, 0) is 32.5 Å². The van der Waals surface area contributed by atoms with Gasteiger partial charge in [-0.25, -0.2) is 0 Å². The molecule has 0 unspecified atom stereocenters. The molecule has 12 rings (SSSR count). The zero-order valence-corrected chi connectivity index (χ0v) is 48.6. The zero-order chi connectivity index (χ0) is 54.9. The highest BCUT2D eigenvalue weighted by Gasteiger charge is 2.56. The molecule has 0 N–H and O–H groups in total. The van der Waals surface area contributed by atoms with Crippen molar-refractivity contribution in [1.29, 1.82) is 0 Å². The Balaban J connectivity index is 1.33. The molecule has 0 fully saturated rings. The van der Waals surface area contributed by atoms with Crippen molar-refractivity contribution >= 4 is 10.8 Å². The maximum absolute atomic E-state index is 2.62. The van der Waals surface area contributed by atoms with Gasteiger partial charge in [0.25, 0.3) is 0 Å². The Morgan fingerprint density at radius 2 is 0.628 bits per heavy atom. The third kappa shape index (κ3) is 7.83. The van der Waals surface area contributed by atoms with Crippen LogP contribution >= 0.6 is 0 Å². The Bertz CT molecular complexity index is 3840. The van der Waals surface area contributed by atoms with E-state index in [-0.39, 0.29) is 21.7 Å². The molecule has 0 heteroatoms. The smallest absolute Gasteiger partial charge is 0.0620 e. The summed E-state index contributed by atoms with van der Waals surface area (Å²) in [6.07, 6.45) is 0. The average Bonchev–Trinajstić information content (AvgIpc) is 2.16. The quantitative estimate of drug-likeness (QED) is 0.156. The Hall–Kier alpha value is -7.54. The van der Waals surface area contributed by atoms with Gasteiger partial charge in [0, 0.05) is 0 Å². The summed E-state index contributed by atoms with van der Waals surface area (Å²) in [5, 5.41) is 2.55. The zero-order valence-electron chi connectivity index (χ0n) is 48.6. The van der Waals surface area contributed by atoms with Gasteiger partial charge in [-0.2, -0.15) is 0 Å². The summed E-state index contributed by atoms with van der Waals surface area (Å²) in [6.45, 7) is 32.6. The maximum atomic E-state index is 2.62. The Morgan fingerprint density at radius 3 is 1.06 bits per heavy atom.